The van der Waals surface area contributed by atoms with Crippen LogP contribution in [0.5, 0.6) is 0 Å². The fraction of sp³-hybridized carbons (Fsp3) is 0.931. The van der Waals surface area contributed by atoms with Gasteiger partial charge in [-0.3, -0.25) is 0 Å². The van der Waals surface area contributed by atoms with Crippen molar-refractivity contribution in [3.8, 4) is 0 Å². The molecule has 212 valence electrons. The van der Waals surface area contributed by atoms with Gasteiger partial charge in [0, 0.05) is 6.10 Å². The van der Waals surface area contributed by atoms with Crippen LogP contribution >= 0.6 is 47.0 Å². The van der Waals surface area contributed by atoms with Gasteiger partial charge in [-0.1, -0.05) is 65.9 Å². The molecule has 0 spiro atoms. The van der Waals surface area contributed by atoms with Crippen LogP contribution in [0, 0.1) is 0 Å². The Balaban J connectivity index is 2.28. The number of hydrogen-bond acceptors (Lipinski definition) is 6. The van der Waals surface area contributed by atoms with Gasteiger partial charge in [-0.2, -0.15) is 0 Å². The van der Waals surface area contributed by atoms with E-state index in [1.54, 1.807) is 0 Å². The van der Waals surface area contributed by atoms with Crippen molar-refractivity contribution in [1.29, 1.82) is 0 Å². The molecule has 7 heteroatoms. The summed E-state index contributed by atoms with van der Waals surface area (Å²) in [6.07, 6.45) is 16.3. The van der Waals surface area contributed by atoms with Gasteiger partial charge in [0.25, 0.3) is 0 Å². The van der Waals surface area contributed by atoms with E-state index in [2.05, 4.69) is 94.4 Å². The molecule has 36 heavy (non-hydrogen) atoms. The second-order valence-electron chi connectivity index (χ2n) is 12.4. The molecule has 2 nitrogen and oxygen atoms in total. The summed E-state index contributed by atoms with van der Waals surface area (Å²) in [6, 6.07) is 0. The molecule has 1 N–H and O–H groups in total. The molecule has 0 saturated carbocycles. The van der Waals surface area contributed by atoms with E-state index < -0.39 is 8.32 Å². The summed E-state index contributed by atoms with van der Waals surface area (Å²) in [5.41, 5.74) is 0. The Morgan fingerprint density at radius 2 is 1.42 bits per heavy atom. The van der Waals surface area contributed by atoms with Crippen LogP contribution in [0.2, 0.25) is 18.1 Å². The lowest BCUT2D eigenvalue weighted by Crippen LogP contribution is -2.48. The number of aliphatic hydroxyl groups excluding tert-OH is 1. The molecule has 2 atom stereocenters. The first-order chi connectivity index (χ1) is 17.0. The quantitative estimate of drug-likeness (QED) is 0.109. The van der Waals surface area contributed by atoms with Crippen LogP contribution in [0.15, 0.2) is 12.7 Å². The zero-order valence-electron chi connectivity index (χ0n) is 24.2. The monoisotopic (exact) mass is 592 g/mol. The van der Waals surface area contributed by atoms with Crippen LogP contribution in [0.3, 0.4) is 0 Å². The van der Waals surface area contributed by atoms with E-state index in [0.717, 1.165) is 19.3 Å². The molecule has 0 amide bonds. The predicted molar refractivity (Wildman–Crippen MR) is 175 cm³/mol. The van der Waals surface area contributed by atoms with Gasteiger partial charge in [-0.15, -0.1) is 53.6 Å². The highest BCUT2D eigenvalue weighted by molar-refractivity contribution is 8.19. The first kappa shape index (κ1) is 33.5. The summed E-state index contributed by atoms with van der Waals surface area (Å²) in [5.74, 6) is 4.99. The van der Waals surface area contributed by atoms with Crippen molar-refractivity contribution < 1.29 is 9.53 Å². The largest absolute Gasteiger partial charge is 0.414 e. The van der Waals surface area contributed by atoms with Gasteiger partial charge < -0.3 is 9.53 Å². The fourth-order valence-electron chi connectivity index (χ4n) is 4.99. The van der Waals surface area contributed by atoms with E-state index >= 15 is 0 Å². The van der Waals surface area contributed by atoms with E-state index in [0.29, 0.717) is 10.5 Å². The number of hydrogen-bond donors (Lipinski definition) is 1. The molecule has 2 heterocycles. The van der Waals surface area contributed by atoms with Crippen LogP contribution < -0.4 is 0 Å². The van der Waals surface area contributed by atoms with Crippen molar-refractivity contribution in [2.45, 2.75) is 143 Å². The Hall–Kier alpha value is 1.28. The van der Waals surface area contributed by atoms with Crippen molar-refractivity contribution in [2.75, 3.05) is 23.0 Å². The second-order valence-corrected chi connectivity index (χ2v) is 23.6. The number of aliphatic hydroxyl groups is 1. The summed E-state index contributed by atoms with van der Waals surface area (Å²) in [4.78, 5) is 0. The van der Waals surface area contributed by atoms with E-state index in [1.165, 1.54) is 74.4 Å². The molecule has 2 aliphatic heterocycles. The summed E-state index contributed by atoms with van der Waals surface area (Å²) in [6.45, 7) is 18.2. The third-order valence-corrected chi connectivity index (χ3v) is 19.5. The highest BCUT2D eigenvalue weighted by Crippen LogP contribution is 2.54. The Bertz CT molecular complexity index is 625. The molecular weight excluding hydrogens is 537 g/mol. The van der Waals surface area contributed by atoms with Crippen molar-refractivity contribution in [3.05, 3.63) is 12.7 Å². The first-order valence-electron chi connectivity index (χ1n) is 14.5. The van der Waals surface area contributed by atoms with Crippen LogP contribution in [-0.4, -0.2) is 56.8 Å². The van der Waals surface area contributed by atoms with Gasteiger partial charge in [-0.05, 0) is 86.1 Å². The lowest BCUT2D eigenvalue weighted by molar-refractivity contribution is 0.129. The Kier molecular flexibility index (Phi) is 14.8. The van der Waals surface area contributed by atoms with Crippen LogP contribution in [0.4, 0.5) is 0 Å². The van der Waals surface area contributed by atoms with E-state index in [4.69, 9.17) is 4.43 Å². The number of rotatable bonds is 16. The number of thioether (sulfide) groups is 4. The molecule has 2 rings (SSSR count). The van der Waals surface area contributed by atoms with E-state index in [9.17, 15) is 5.11 Å². The topological polar surface area (TPSA) is 29.5 Å². The highest BCUT2D eigenvalue weighted by atomic mass is 32.2. The number of unbranched alkanes of at least 4 members (excludes halogenated alkanes) is 4. The summed E-state index contributed by atoms with van der Waals surface area (Å²) < 4.78 is 7.68. The maximum atomic E-state index is 10.9. The Labute approximate surface area is 242 Å². The second kappa shape index (κ2) is 15.9. The van der Waals surface area contributed by atoms with Crippen molar-refractivity contribution in [1.82, 2.24) is 0 Å². The molecule has 0 aromatic rings. The maximum Gasteiger partial charge on any atom is 0.192 e. The molecule has 0 aliphatic carbocycles. The third-order valence-electron chi connectivity index (χ3n) is 8.03. The summed E-state index contributed by atoms with van der Waals surface area (Å²) in [7, 11) is -1.92. The average molecular weight is 593 g/mol. The molecule has 2 saturated heterocycles. The standard InChI is InChI=1S/C29H56O2S4Si/c1-8-10-11-12-13-17-28(32-18-14-19-33-28)23-26(31-36(6,7)27(3,4)5)24-29(22-25(30)16-9-2)34-20-15-21-35-29/h9,25-26,30H,2,8,10-24H2,1,3-7H3/t25-,26+/m0/s1. The van der Waals surface area contributed by atoms with Gasteiger partial charge in [0.1, 0.15) is 0 Å². The first-order valence-corrected chi connectivity index (χ1v) is 21.3. The van der Waals surface area contributed by atoms with Crippen molar-refractivity contribution >= 4 is 55.4 Å². The Morgan fingerprint density at radius 3 is 1.94 bits per heavy atom. The Morgan fingerprint density at radius 1 is 0.889 bits per heavy atom. The zero-order valence-corrected chi connectivity index (χ0v) is 28.5. The van der Waals surface area contributed by atoms with Gasteiger partial charge in [0.2, 0.25) is 0 Å². The lowest BCUT2D eigenvalue weighted by Gasteiger charge is -2.47. The molecule has 0 radical (unpaired) electrons. The van der Waals surface area contributed by atoms with Gasteiger partial charge in [-0.25, -0.2) is 0 Å². The van der Waals surface area contributed by atoms with E-state index in [-0.39, 0.29) is 21.3 Å². The highest BCUT2D eigenvalue weighted by Gasteiger charge is 2.46. The van der Waals surface area contributed by atoms with Crippen LogP contribution in [-0.2, 0) is 4.43 Å². The zero-order chi connectivity index (χ0) is 26.7. The minimum Gasteiger partial charge on any atom is -0.414 e. The SMILES string of the molecule is C=CC[C@H](O)CC1(C[C@@H](CC2(CCCCCCC)SCCCS2)O[Si](C)(C)C(C)(C)C)SCCCS1. The van der Waals surface area contributed by atoms with E-state index in [1.807, 2.05) is 6.08 Å². The van der Waals surface area contributed by atoms with Gasteiger partial charge >= 0.3 is 0 Å². The average Bonchev–Trinajstić information content (AvgIpc) is 2.79. The van der Waals surface area contributed by atoms with Crippen LogP contribution in [0.1, 0.15) is 105 Å². The maximum absolute atomic E-state index is 10.9. The minimum absolute atomic E-state index is 0.0556. The summed E-state index contributed by atoms with van der Waals surface area (Å²) in [5, 5.41) is 11.1. The molecule has 0 unspecified atom stereocenters. The third kappa shape index (κ3) is 11.0. The molecule has 2 aliphatic rings. The fourth-order valence-corrected chi connectivity index (χ4v) is 13.4. The molecule has 0 aromatic heterocycles. The molecule has 0 bridgehead atoms. The molecule has 0 aromatic carbocycles. The van der Waals surface area contributed by atoms with Crippen molar-refractivity contribution in [3.63, 3.8) is 0 Å². The smallest absolute Gasteiger partial charge is 0.192 e. The minimum atomic E-state index is -1.92. The van der Waals surface area contributed by atoms with Gasteiger partial charge in [0.05, 0.1) is 14.3 Å². The van der Waals surface area contributed by atoms with Crippen molar-refractivity contribution in [2.24, 2.45) is 0 Å². The molecular formula is C29H56O2S4Si. The van der Waals surface area contributed by atoms with Gasteiger partial charge in [0.15, 0.2) is 8.32 Å². The normalized spacial score (nSPS) is 22.2. The van der Waals surface area contributed by atoms with Crippen LogP contribution in [0.25, 0.3) is 0 Å². The molecule has 2 fully saturated rings. The lowest BCUT2D eigenvalue weighted by atomic mass is 10.00. The summed E-state index contributed by atoms with van der Waals surface area (Å²) >= 11 is 8.69. The predicted octanol–water partition coefficient (Wildman–Crippen LogP) is 9.98.